The first kappa shape index (κ1) is 21.2. The van der Waals surface area contributed by atoms with Crippen LogP contribution in [-0.4, -0.2) is 57.5 Å². The van der Waals surface area contributed by atoms with Crippen LogP contribution in [0.2, 0.25) is 0 Å². The van der Waals surface area contributed by atoms with Gasteiger partial charge in [0.1, 0.15) is 6.04 Å². The number of likely N-dealkylation sites (tertiary alicyclic amines) is 1. The molecule has 8 nitrogen and oxygen atoms in total. The molecule has 0 radical (unpaired) electrons. The molecule has 1 aromatic heterocycles. The van der Waals surface area contributed by atoms with E-state index in [1.54, 1.807) is 4.90 Å². The first-order valence-electron chi connectivity index (χ1n) is 10.8. The van der Waals surface area contributed by atoms with Crippen LogP contribution in [0.15, 0.2) is 5.38 Å². The standard InChI is InChI=1S/C21H30N4O4S/c1-14-11-30-20(22-14)23-18(27)17-9-21(6-7-21)12-25(17)19(28)16(10-24(29)13-26)8-15-4-2-3-5-15/h11,13,15-17,29H,2-10,12H2,1H3,(H,22,23,27)/t16?,17-/m0/s1. The van der Waals surface area contributed by atoms with Crippen molar-refractivity contribution in [2.24, 2.45) is 17.3 Å². The van der Waals surface area contributed by atoms with E-state index < -0.39 is 12.0 Å². The summed E-state index contributed by atoms with van der Waals surface area (Å²) in [5, 5.41) is 15.7. The number of nitrogens with zero attached hydrogens (tertiary/aromatic N) is 3. The van der Waals surface area contributed by atoms with E-state index >= 15 is 0 Å². The molecule has 9 heteroatoms. The lowest BCUT2D eigenvalue weighted by molar-refractivity contribution is -0.158. The Labute approximate surface area is 180 Å². The molecule has 2 saturated carbocycles. The largest absolute Gasteiger partial charge is 0.330 e. The summed E-state index contributed by atoms with van der Waals surface area (Å²) in [6.45, 7) is 2.43. The highest BCUT2D eigenvalue weighted by atomic mass is 32.1. The number of hydrogen-bond acceptors (Lipinski definition) is 6. The lowest BCUT2D eigenvalue weighted by Crippen LogP contribution is -2.48. The summed E-state index contributed by atoms with van der Waals surface area (Å²) in [6.07, 6.45) is 8.20. The molecule has 2 N–H and O–H groups in total. The Bertz CT molecular complexity index is 803. The Kier molecular flexibility index (Phi) is 6.11. The third-order valence-electron chi connectivity index (χ3n) is 6.87. The lowest BCUT2D eigenvalue weighted by atomic mass is 9.91. The van der Waals surface area contributed by atoms with Gasteiger partial charge in [-0.25, -0.2) is 10.0 Å². The smallest absolute Gasteiger partial charge is 0.248 e. The first-order valence-corrected chi connectivity index (χ1v) is 11.7. The van der Waals surface area contributed by atoms with E-state index in [-0.39, 0.29) is 23.8 Å². The van der Waals surface area contributed by atoms with E-state index in [0.29, 0.717) is 41.9 Å². The van der Waals surface area contributed by atoms with Crippen LogP contribution >= 0.6 is 11.3 Å². The van der Waals surface area contributed by atoms with Gasteiger partial charge in [-0.1, -0.05) is 25.7 Å². The minimum absolute atomic E-state index is 0.0254. The maximum absolute atomic E-state index is 13.6. The van der Waals surface area contributed by atoms with E-state index in [1.807, 2.05) is 12.3 Å². The molecular weight excluding hydrogens is 404 g/mol. The van der Waals surface area contributed by atoms with Gasteiger partial charge in [0, 0.05) is 11.9 Å². The van der Waals surface area contributed by atoms with Crippen LogP contribution in [0.1, 0.15) is 57.1 Å². The fourth-order valence-corrected chi connectivity index (χ4v) is 5.76. The summed E-state index contributed by atoms with van der Waals surface area (Å²) in [4.78, 5) is 43.6. The van der Waals surface area contributed by atoms with Gasteiger partial charge in [0.15, 0.2) is 5.13 Å². The van der Waals surface area contributed by atoms with Gasteiger partial charge in [-0.05, 0) is 43.9 Å². The van der Waals surface area contributed by atoms with E-state index in [2.05, 4.69) is 10.3 Å². The molecule has 4 rings (SSSR count). The number of hydrogen-bond donors (Lipinski definition) is 2. The van der Waals surface area contributed by atoms with E-state index in [0.717, 1.165) is 44.2 Å². The average Bonchev–Trinajstić information content (AvgIpc) is 3.08. The van der Waals surface area contributed by atoms with Gasteiger partial charge >= 0.3 is 0 Å². The predicted octanol–water partition coefficient (Wildman–Crippen LogP) is 2.82. The highest BCUT2D eigenvalue weighted by Crippen LogP contribution is 2.55. The fourth-order valence-electron chi connectivity index (χ4n) is 5.07. The van der Waals surface area contributed by atoms with Gasteiger partial charge in [-0.3, -0.25) is 19.6 Å². The second-order valence-electron chi connectivity index (χ2n) is 9.28. The summed E-state index contributed by atoms with van der Waals surface area (Å²) in [6, 6.07) is -0.529. The lowest BCUT2D eigenvalue weighted by Gasteiger charge is -2.30. The molecule has 0 aromatic carbocycles. The monoisotopic (exact) mass is 434 g/mol. The van der Waals surface area contributed by atoms with Crippen molar-refractivity contribution in [2.75, 3.05) is 18.4 Å². The fraction of sp³-hybridized carbons (Fsp3) is 0.714. The number of hydroxylamine groups is 2. The van der Waals surface area contributed by atoms with Gasteiger partial charge in [-0.2, -0.15) is 0 Å². The SMILES string of the molecule is Cc1csc(NC(=O)[C@@H]2CC3(CC3)CN2C(=O)C(CC2CCCC2)CN(O)C=O)n1. The number of carbonyl (C=O) groups excluding carboxylic acids is 3. The van der Waals surface area contributed by atoms with Gasteiger partial charge < -0.3 is 10.2 Å². The molecule has 1 spiro atoms. The van der Waals surface area contributed by atoms with Crippen LogP contribution in [-0.2, 0) is 14.4 Å². The first-order chi connectivity index (χ1) is 14.4. The molecular formula is C21H30N4O4S. The molecule has 1 saturated heterocycles. The molecule has 0 bridgehead atoms. The van der Waals surface area contributed by atoms with Gasteiger partial charge in [0.2, 0.25) is 18.2 Å². The summed E-state index contributed by atoms with van der Waals surface area (Å²) < 4.78 is 0. The predicted molar refractivity (Wildman–Crippen MR) is 112 cm³/mol. The van der Waals surface area contributed by atoms with Gasteiger partial charge in [0.05, 0.1) is 18.2 Å². The number of aryl methyl sites for hydroxylation is 1. The topological polar surface area (TPSA) is 103 Å². The Balaban J connectivity index is 1.50. The van der Waals surface area contributed by atoms with Crippen molar-refractivity contribution in [3.05, 3.63) is 11.1 Å². The maximum atomic E-state index is 13.6. The van der Waals surface area contributed by atoms with Crippen molar-refractivity contribution in [1.29, 1.82) is 0 Å². The second-order valence-corrected chi connectivity index (χ2v) is 10.1. The molecule has 1 aliphatic heterocycles. The number of thiazole rings is 1. The molecule has 2 heterocycles. The number of carbonyl (C=O) groups is 3. The Hall–Kier alpha value is -2.00. The van der Waals surface area contributed by atoms with E-state index in [1.165, 1.54) is 11.3 Å². The van der Waals surface area contributed by atoms with Crippen LogP contribution in [0.3, 0.4) is 0 Å². The summed E-state index contributed by atoms with van der Waals surface area (Å²) >= 11 is 1.38. The maximum Gasteiger partial charge on any atom is 0.248 e. The summed E-state index contributed by atoms with van der Waals surface area (Å²) in [5.41, 5.74) is 0.902. The third kappa shape index (κ3) is 4.67. The molecule has 2 atom stereocenters. The number of amides is 3. The zero-order valence-electron chi connectivity index (χ0n) is 17.4. The van der Waals surface area contributed by atoms with Crippen molar-refractivity contribution in [1.82, 2.24) is 14.9 Å². The number of rotatable bonds is 8. The minimum atomic E-state index is -0.529. The van der Waals surface area contributed by atoms with Crippen molar-refractivity contribution in [3.63, 3.8) is 0 Å². The Morgan fingerprint density at radius 1 is 1.43 bits per heavy atom. The van der Waals surface area contributed by atoms with Gasteiger partial charge in [-0.15, -0.1) is 11.3 Å². The van der Waals surface area contributed by atoms with Crippen LogP contribution < -0.4 is 5.32 Å². The highest BCUT2D eigenvalue weighted by molar-refractivity contribution is 7.13. The molecule has 1 aromatic rings. The van der Waals surface area contributed by atoms with Crippen molar-refractivity contribution >= 4 is 34.7 Å². The van der Waals surface area contributed by atoms with Crippen molar-refractivity contribution in [2.45, 2.75) is 64.3 Å². The minimum Gasteiger partial charge on any atom is -0.330 e. The quantitative estimate of drug-likeness (QED) is 0.372. The average molecular weight is 435 g/mol. The molecule has 3 amide bonds. The summed E-state index contributed by atoms with van der Waals surface area (Å²) in [5.74, 6) is -0.379. The van der Waals surface area contributed by atoms with Crippen LogP contribution in [0, 0.1) is 24.2 Å². The molecule has 3 aliphatic rings. The molecule has 30 heavy (non-hydrogen) atoms. The Morgan fingerprint density at radius 3 is 2.77 bits per heavy atom. The Morgan fingerprint density at radius 2 is 2.17 bits per heavy atom. The van der Waals surface area contributed by atoms with E-state index in [4.69, 9.17) is 0 Å². The number of anilines is 1. The normalized spacial score (nSPS) is 23.5. The van der Waals surface area contributed by atoms with Crippen molar-refractivity contribution < 1.29 is 19.6 Å². The zero-order valence-corrected chi connectivity index (χ0v) is 18.2. The molecule has 3 fully saturated rings. The highest BCUT2D eigenvalue weighted by Gasteiger charge is 2.55. The van der Waals surface area contributed by atoms with Crippen LogP contribution in [0.5, 0.6) is 0 Å². The number of nitrogens with one attached hydrogen (secondary N) is 1. The van der Waals surface area contributed by atoms with Crippen molar-refractivity contribution in [3.8, 4) is 0 Å². The molecule has 164 valence electrons. The molecule has 1 unspecified atom stereocenters. The second kappa shape index (κ2) is 8.63. The van der Waals surface area contributed by atoms with Crippen LogP contribution in [0.4, 0.5) is 5.13 Å². The third-order valence-corrected chi connectivity index (χ3v) is 7.75. The zero-order chi connectivity index (χ0) is 21.3. The molecule has 2 aliphatic carbocycles. The summed E-state index contributed by atoms with van der Waals surface area (Å²) in [7, 11) is 0. The van der Waals surface area contributed by atoms with Crippen LogP contribution in [0.25, 0.3) is 0 Å². The van der Waals surface area contributed by atoms with E-state index in [9.17, 15) is 19.6 Å². The van der Waals surface area contributed by atoms with Gasteiger partial charge in [0.25, 0.3) is 0 Å². The number of aromatic nitrogens is 1.